The molecule has 1 aromatic carbocycles. The molecule has 0 spiro atoms. The number of aromatic nitrogens is 3. The van der Waals surface area contributed by atoms with Crippen molar-refractivity contribution in [3.05, 3.63) is 30.1 Å². The number of nitrogens with two attached hydrogens (primary N) is 1. The molecule has 0 atom stereocenters. The van der Waals surface area contributed by atoms with Crippen molar-refractivity contribution in [1.82, 2.24) is 19.4 Å². The van der Waals surface area contributed by atoms with Crippen molar-refractivity contribution in [1.29, 1.82) is 0 Å². The summed E-state index contributed by atoms with van der Waals surface area (Å²) in [7, 11) is 0. The monoisotopic (exact) mass is 397 g/mol. The van der Waals surface area contributed by atoms with Crippen molar-refractivity contribution in [2.45, 2.75) is 38.8 Å². The maximum Gasteiger partial charge on any atom is 0.223 e. The molecule has 8 heteroatoms. The third-order valence-electron chi connectivity index (χ3n) is 5.19. The zero-order valence-electron chi connectivity index (χ0n) is 16.9. The Hall–Kier alpha value is -2.71. The SMILES string of the molecule is CC(C)(O)Cn1cnc2c(N)nc3cc(CCC(=O)N4CCOCC4)ccc3c21. The van der Waals surface area contributed by atoms with Gasteiger partial charge >= 0.3 is 0 Å². The van der Waals surface area contributed by atoms with Crippen LogP contribution in [0.15, 0.2) is 24.5 Å². The minimum atomic E-state index is -0.877. The van der Waals surface area contributed by atoms with Crippen LogP contribution in [-0.2, 0) is 22.5 Å². The molecule has 4 rings (SSSR count). The maximum absolute atomic E-state index is 12.4. The summed E-state index contributed by atoms with van der Waals surface area (Å²) in [6, 6.07) is 6.01. The third kappa shape index (κ3) is 4.18. The molecule has 1 fully saturated rings. The number of pyridine rings is 1. The van der Waals surface area contributed by atoms with E-state index in [4.69, 9.17) is 10.5 Å². The summed E-state index contributed by atoms with van der Waals surface area (Å²) in [4.78, 5) is 23.2. The number of hydrogen-bond donors (Lipinski definition) is 2. The van der Waals surface area contributed by atoms with E-state index in [9.17, 15) is 9.90 Å². The van der Waals surface area contributed by atoms with Gasteiger partial charge in [-0.1, -0.05) is 12.1 Å². The lowest BCUT2D eigenvalue weighted by atomic mass is 10.0. The molecule has 1 amide bonds. The molecular formula is C21H27N5O3. The minimum absolute atomic E-state index is 0.152. The molecular weight excluding hydrogens is 370 g/mol. The number of rotatable bonds is 5. The quantitative estimate of drug-likeness (QED) is 0.679. The summed E-state index contributed by atoms with van der Waals surface area (Å²) in [5.74, 6) is 0.517. The Balaban J connectivity index is 1.61. The van der Waals surface area contributed by atoms with Gasteiger partial charge in [-0.3, -0.25) is 4.79 Å². The number of morpholine rings is 1. The first-order chi connectivity index (χ1) is 13.8. The molecule has 1 aliphatic heterocycles. The van der Waals surface area contributed by atoms with Crippen molar-refractivity contribution in [2.24, 2.45) is 0 Å². The number of hydrogen-bond acceptors (Lipinski definition) is 6. The predicted molar refractivity (Wildman–Crippen MR) is 111 cm³/mol. The summed E-state index contributed by atoms with van der Waals surface area (Å²) in [5.41, 5.74) is 8.58. The Kier molecular flexibility index (Phi) is 5.14. The van der Waals surface area contributed by atoms with Crippen molar-refractivity contribution < 1.29 is 14.6 Å². The van der Waals surface area contributed by atoms with Gasteiger partial charge in [0.1, 0.15) is 5.52 Å². The van der Waals surface area contributed by atoms with Gasteiger partial charge in [-0.15, -0.1) is 0 Å². The molecule has 29 heavy (non-hydrogen) atoms. The molecule has 0 bridgehead atoms. The molecule has 0 radical (unpaired) electrons. The van der Waals surface area contributed by atoms with Crippen LogP contribution in [0.2, 0.25) is 0 Å². The Bertz CT molecular complexity index is 1050. The number of fused-ring (bicyclic) bond motifs is 3. The molecule has 0 aliphatic carbocycles. The van der Waals surface area contributed by atoms with Gasteiger partial charge < -0.3 is 25.0 Å². The molecule has 0 saturated carbocycles. The van der Waals surface area contributed by atoms with Gasteiger partial charge in [0.2, 0.25) is 5.91 Å². The van der Waals surface area contributed by atoms with Gasteiger partial charge in [-0.2, -0.15) is 0 Å². The van der Waals surface area contributed by atoms with E-state index in [0.717, 1.165) is 22.0 Å². The summed E-state index contributed by atoms with van der Waals surface area (Å²) in [6.07, 6.45) is 2.80. The minimum Gasteiger partial charge on any atom is -0.389 e. The van der Waals surface area contributed by atoms with E-state index in [2.05, 4.69) is 9.97 Å². The Morgan fingerprint density at radius 2 is 2.07 bits per heavy atom. The second kappa shape index (κ2) is 7.61. The number of benzene rings is 1. The zero-order valence-corrected chi connectivity index (χ0v) is 16.9. The van der Waals surface area contributed by atoms with Crippen LogP contribution in [-0.4, -0.2) is 62.4 Å². The number of carbonyl (C=O) groups excluding carboxylic acids is 1. The van der Waals surface area contributed by atoms with Crippen LogP contribution in [0.3, 0.4) is 0 Å². The number of carbonyl (C=O) groups is 1. The highest BCUT2D eigenvalue weighted by Crippen LogP contribution is 2.29. The van der Waals surface area contributed by atoms with Gasteiger partial charge in [0.25, 0.3) is 0 Å². The zero-order chi connectivity index (χ0) is 20.6. The first-order valence-electron chi connectivity index (χ1n) is 9.93. The summed E-state index contributed by atoms with van der Waals surface area (Å²) >= 11 is 0. The highest BCUT2D eigenvalue weighted by molar-refractivity contribution is 6.06. The van der Waals surface area contributed by atoms with Crippen LogP contribution >= 0.6 is 0 Å². The second-order valence-corrected chi connectivity index (χ2v) is 8.22. The normalized spacial score (nSPS) is 15.3. The lowest BCUT2D eigenvalue weighted by Crippen LogP contribution is -2.40. The van der Waals surface area contributed by atoms with Gasteiger partial charge in [-0.05, 0) is 31.9 Å². The lowest BCUT2D eigenvalue weighted by molar-refractivity contribution is -0.135. The van der Waals surface area contributed by atoms with Gasteiger partial charge in [0.15, 0.2) is 5.82 Å². The number of anilines is 1. The average Bonchev–Trinajstić information content (AvgIpc) is 3.09. The Labute approximate surface area is 169 Å². The molecule has 154 valence electrons. The molecule has 3 N–H and O–H groups in total. The van der Waals surface area contributed by atoms with Crippen LogP contribution < -0.4 is 5.73 Å². The second-order valence-electron chi connectivity index (χ2n) is 8.22. The fraction of sp³-hybridized carbons (Fsp3) is 0.476. The predicted octanol–water partition coefficient (Wildman–Crippen LogP) is 1.73. The van der Waals surface area contributed by atoms with Crippen LogP contribution in [0, 0.1) is 0 Å². The van der Waals surface area contributed by atoms with Gasteiger partial charge in [-0.25, -0.2) is 9.97 Å². The number of aliphatic hydroxyl groups is 1. The molecule has 1 saturated heterocycles. The van der Waals surface area contributed by atoms with Crippen molar-refractivity contribution in [3.63, 3.8) is 0 Å². The van der Waals surface area contributed by atoms with Crippen molar-refractivity contribution in [2.75, 3.05) is 32.0 Å². The van der Waals surface area contributed by atoms with Crippen LogP contribution in [0.5, 0.6) is 0 Å². The number of nitrogen functional groups attached to an aromatic ring is 1. The smallest absolute Gasteiger partial charge is 0.223 e. The van der Waals surface area contributed by atoms with E-state index >= 15 is 0 Å². The number of amides is 1. The van der Waals surface area contributed by atoms with E-state index in [1.165, 1.54) is 0 Å². The van der Waals surface area contributed by atoms with Crippen molar-refractivity contribution in [3.8, 4) is 0 Å². The van der Waals surface area contributed by atoms with Crippen molar-refractivity contribution >= 4 is 33.7 Å². The Morgan fingerprint density at radius 3 is 2.79 bits per heavy atom. The highest BCUT2D eigenvalue weighted by atomic mass is 16.5. The molecule has 0 unspecified atom stereocenters. The molecule has 2 aromatic heterocycles. The summed E-state index contributed by atoms with van der Waals surface area (Å²) < 4.78 is 7.22. The molecule has 8 nitrogen and oxygen atoms in total. The van der Waals surface area contributed by atoms with E-state index in [1.54, 1.807) is 20.2 Å². The van der Waals surface area contributed by atoms with E-state index in [-0.39, 0.29) is 5.91 Å². The molecule has 3 aromatic rings. The molecule has 3 heterocycles. The fourth-order valence-corrected chi connectivity index (χ4v) is 3.82. The number of ether oxygens (including phenoxy) is 1. The van der Waals surface area contributed by atoms with Gasteiger partial charge in [0.05, 0.1) is 42.7 Å². The largest absolute Gasteiger partial charge is 0.389 e. The van der Waals surface area contributed by atoms with E-state index in [0.29, 0.717) is 57.0 Å². The maximum atomic E-state index is 12.4. The number of imidazole rings is 1. The third-order valence-corrected chi connectivity index (χ3v) is 5.19. The Morgan fingerprint density at radius 1 is 1.31 bits per heavy atom. The standard InChI is InChI=1S/C21H27N5O3/c1-21(2,28)12-26-13-23-18-19(26)15-5-3-14(11-16(15)24-20(18)22)4-6-17(27)25-7-9-29-10-8-25/h3,5,11,13,28H,4,6-10,12H2,1-2H3,(H2,22,24). The van der Waals surface area contributed by atoms with E-state index in [1.807, 2.05) is 27.7 Å². The summed E-state index contributed by atoms with van der Waals surface area (Å²) in [5, 5.41) is 11.2. The van der Waals surface area contributed by atoms with Crippen LogP contribution in [0.4, 0.5) is 5.82 Å². The highest BCUT2D eigenvalue weighted by Gasteiger charge is 2.19. The molecule has 1 aliphatic rings. The first kappa shape index (κ1) is 19.6. The topological polar surface area (TPSA) is 106 Å². The lowest BCUT2D eigenvalue weighted by Gasteiger charge is -2.26. The first-order valence-corrected chi connectivity index (χ1v) is 9.93. The average molecular weight is 397 g/mol. The summed E-state index contributed by atoms with van der Waals surface area (Å²) in [6.45, 7) is 6.47. The van der Waals surface area contributed by atoms with Gasteiger partial charge in [0, 0.05) is 24.9 Å². The van der Waals surface area contributed by atoms with E-state index < -0.39 is 5.60 Å². The number of aryl methyl sites for hydroxylation is 1. The fourth-order valence-electron chi connectivity index (χ4n) is 3.82. The van der Waals surface area contributed by atoms with Crippen LogP contribution in [0.1, 0.15) is 25.8 Å². The number of nitrogens with zero attached hydrogens (tertiary/aromatic N) is 4. The van der Waals surface area contributed by atoms with Crippen LogP contribution in [0.25, 0.3) is 21.9 Å².